The lowest BCUT2D eigenvalue weighted by Crippen LogP contribution is -2.39. The monoisotopic (exact) mass is 288 g/mol. The Morgan fingerprint density at radius 3 is 2.81 bits per heavy atom. The summed E-state index contributed by atoms with van der Waals surface area (Å²) in [7, 11) is 0. The third kappa shape index (κ3) is 2.79. The van der Waals surface area contributed by atoms with E-state index in [9.17, 15) is 4.79 Å². The van der Waals surface area contributed by atoms with Gasteiger partial charge in [-0.25, -0.2) is 9.97 Å². The molecule has 0 unspecified atom stereocenters. The molecule has 0 saturated carbocycles. The van der Waals surface area contributed by atoms with Gasteiger partial charge in [-0.2, -0.15) is 0 Å². The van der Waals surface area contributed by atoms with Gasteiger partial charge in [0.1, 0.15) is 11.6 Å². The van der Waals surface area contributed by atoms with Gasteiger partial charge in [0.05, 0.1) is 0 Å². The molecule has 1 aromatic rings. The average Bonchev–Trinajstić information content (AvgIpc) is 2.95. The summed E-state index contributed by atoms with van der Waals surface area (Å²) in [5, 5.41) is 3.36. The highest BCUT2D eigenvalue weighted by atomic mass is 16.2. The molecule has 21 heavy (non-hydrogen) atoms. The Morgan fingerprint density at radius 2 is 2.14 bits per heavy atom. The number of hydrogen-bond donors (Lipinski definition) is 1. The van der Waals surface area contributed by atoms with Crippen LogP contribution in [-0.4, -0.2) is 35.5 Å². The van der Waals surface area contributed by atoms with Crippen molar-refractivity contribution in [3.63, 3.8) is 0 Å². The Morgan fingerprint density at radius 1 is 1.33 bits per heavy atom. The van der Waals surface area contributed by atoms with Gasteiger partial charge in [0.25, 0.3) is 0 Å². The van der Waals surface area contributed by atoms with Gasteiger partial charge in [-0.3, -0.25) is 9.69 Å². The quantitative estimate of drug-likeness (QED) is 0.921. The first-order chi connectivity index (χ1) is 10.1. The summed E-state index contributed by atoms with van der Waals surface area (Å²) in [6.45, 7) is 9.03. The smallest absolute Gasteiger partial charge is 0.228 e. The summed E-state index contributed by atoms with van der Waals surface area (Å²) in [5.74, 6) is 2.79. The van der Waals surface area contributed by atoms with E-state index in [0.29, 0.717) is 18.3 Å². The molecule has 0 bridgehead atoms. The van der Waals surface area contributed by atoms with E-state index in [1.807, 2.05) is 4.90 Å². The molecular weight excluding hydrogens is 264 g/mol. The van der Waals surface area contributed by atoms with Crippen LogP contribution < -0.4 is 10.2 Å². The molecule has 1 N–H and O–H groups in total. The van der Waals surface area contributed by atoms with Gasteiger partial charge in [-0.15, -0.1) is 0 Å². The van der Waals surface area contributed by atoms with E-state index in [2.05, 4.69) is 26.1 Å². The molecule has 1 fully saturated rings. The van der Waals surface area contributed by atoms with Crippen molar-refractivity contribution in [3.8, 4) is 0 Å². The van der Waals surface area contributed by atoms with Gasteiger partial charge in [0.15, 0.2) is 0 Å². The largest absolute Gasteiger partial charge is 0.316 e. The van der Waals surface area contributed by atoms with Crippen LogP contribution in [0.4, 0.5) is 5.82 Å². The lowest BCUT2D eigenvalue weighted by atomic mass is 10.0. The van der Waals surface area contributed by atoms with Crippen LogP contribution in [0.1, 0.15) is 49.7 Å². The molecule has 3 rings (SSSR count). The fourth-order valence-electron chi connectivity index (χ4n) is 3.21. The molecular formula is C16H24N4O. The zero-order valence-corrected chi connectivity index (χ0v) is 13.1. The minimum absolute atomic E-state index is 0.199. The second kappa shape index (κ2) is 5.72. The second-order valence-corrected chi connectivity index (χ2v) is 6.56. The predicted octanol–water partition coefficient (Wildman–Crippen LogP) is 1.80. The zero-order valence-electron chi connectivity index (χ0n) is 13.1. The van der Waals surface area contributed by atoms with Gasteiger partial charge < -0.3 is 5.32 Å². The van der Waals surface area contributed by atoms with E-state index < -0.39 is 0 Å². The first-order valence-corrected chi connectivity index (χ1v) is 7.94. The van der Waals surface area contributed by atoms with Crippen molar-refractivity contribution in [1.82, 2.24) is 15.3 Å². The summed E-state index contributed by atoms with van der Waals surface area (Å²) >= 11 is 0. The van der Waals surface area contributed by atoms with Crippen molar-refractivity contribution in [3.05, 3.63) is 17.1 Å². The molecule has 1 amide bonds. The number of carbonyl (C=O) groups is 1. The number of aromatic nitrogens is 2. The maximum atomic E-state index is 12.3. The van der Waals surface area contributed by atoms with Gasteiger partial charge in [-0.1, -0.05) is 13.8 Å². The maximum Gasteiger partial charge on any atom is 0.228 e. The molecule has 2 aliphatic rings. The fourth-order valence-corrected chi connectivity index (χ4v) is 3.21. The summed E-state index contributed by atoms with van der Waals surface area (Å²) in [4.78, 5) is 23.7. The molecule has 0 radical (unpaired) electrons. The van der Waals surface area contributed by atoms with E-state index in [1.54, 1.807) is 0 Å². The van der Waals surface area contributed by atoms with Crippen LogP contribution in [0.25, 0.3) is 0 Å². The van der Waals surface area contributed by atoms with Crippen molar-refractivity contribution in [2.75, 3.05) is 24.5 Å². The summed E-state index contributed by atoms with van der Waals surface area (Å²) in [6, 6.07) is 0. The van der Waals surface area contributed by atoms with Crippen LogP contribution in [0.2, 0.25) is 0 Å². The van der Waals surface area contributed by atoms with Gasteiger partial charge in [0.2, 0.25) is 5.91 Å². The first kappa shape index (κ1) is 14.4. The number of fused-ring (bicyclic) bond motifs is 1. The average molecular weight is 288 g/mol. The van der Waals surface area contributed by atoms with Crippen molar-refractivity contribution >= 4 is 11.7 Å². The van der Waals surface area contributed by atoms with Crippen LogP contribution in [0.5, 0.6) is 0 Å². The molecule has 0 spiro atoms. The second-order valence-electron chi connectivity index (χ2n) is 6.56. The highest BCUT2D eigenvalue weighted by molar-refractivity contribution is 5.95. The molecule has 0 aliphatic carbocycles. The number of nitrogens with zero attached hydrogens (tertiary/aromatic N) is 3. The molecule has 3 heterocycles. The first-order valence-electron chi connectivity index (χ1n) is 7.94. The molecule has 2 aliphatic heterocycles. The van der Waals surface area contributed by atoms with Crippen molar-refractivity contribution in [2.45, 2.75) is 46.0 Å². The zero-order chi connectivity index (χ0) is 15.0. The summed E-state index contributed by atoms with van der Waals surface area (Å²) in [6.07, 6.45) is 2.43. The van der Waals surface area contributed by atoms with Crippen molar-refractivity contribution < 1.29 is 4.79 Å². The van der Waals surface area contributed by atoms with E-state index in [0.717, 1.165) is 55.4 Å². The Hall–Kier alpha value is -1.49. The summed E-state index contributed by atoms with van der Waals surface area (Å²) < 4.78 is 0. The molecule has 5 nitrogen and oxygen atoms in total. The number of carbonyl (C=O) groups excluding carboxylic acids is 1. The van der Waals surface area contributed by atoms with Crippen LogP contribution in [-0.2, 0) is 11.2 Å². The lowest BCUT2D eigenvalue weighted by molar-refractivity contribution is -0.119. The van der Waals surface area contributed by atoms with Crippen LogP contribution in [0.15, 0.2) is 0 Å². The molecule has 5 heteroatoms. The van der Waals surface area contributed by atoms with Crippen LogP contribution in [0, 0.1) is 12.8 Å². The van der Waals surface area contributed by atoms with Gasteiger partial charge >= 0.3 is 0 Å². The third-order valence-electron chi connectivity index (χ3n) is 4.33. The van der Waals surface area contributed by atoms with Crippen molar-refractivity contribution in [2.24, 2.45) is 5.92 Å². The molecule has 114 valence electrons. The predicted molar refractivity (Wildman–Crippen MR) is 82.5 cm³/mol. The topological polar surface area (TPSA) is 58.1 Å². The Balaban J connectivity index is 2.01. The van der Waals surface area contributed by atoms with Crippen molar-refractivity contribution in [1.29, 1.82) is 0 Å². The number of nitrogens with one attached hydrogen (secondary N) is 1. The summed E-state index contributed by atoms with van der Waals surface area (Å²) in [5.41, 5.74) is 2.20. The Bertz CT molecular complexity index is 549. The minimum Gasteiger partial charge on any atom is -0.316 e. The molecule has 1 aromatic heterocycles. The fraction of sp³-hybridized carbons (Fsp3) is 0.688. The highest BCUT2D eigenvalue weighted by Crippen LogP contribution is 2.31. The van der Waals surface area contributed by atoms with E-state index >= 15 is 0 Å². The van der Waals surface area contributed by atoms with Gasteiger partial charge in [0, 0.05) is 36.7 Å². The van der Waals surface area contributed by atoms with E-state index in [1.165, 1.54) is 0 Å². The minimum atomic E-state index is 0.199. The molecule has 1 saturated heterocycles. The normalized spacial score (nSPS) is 22.0. The number of hydrogen-bond acceptors (Lipinski definition) is 4. The van der Waals surface area contributed by atoms with E-state index in [4.69, 9.17) is 9.97 Å². The number of amides is 1. The van der Waals surface area contributed by atoms with Gasteiger partial charge in [-0.05, 0) is 32.2 Å². The van der Waals surface area contributed by atoms with E-state index in [-0.39, 0.29) is 5.91 Å². The SMILES string of the molecule is Cc1nc([C@@H]2CCNC2)nc2c1CCC(=O)N2CC(C)C. The highest BCUT2D eigenvalue weighted by Gasteiger charge is 2.30. The molecule has 0 aromatic carbocycles. The Kier molecular flexibility index (Phi) is 3.93. The Labute approximate surface area is 126 Å². The number of aryl methyl sites for hydroxylation is 1. The number of rotatable bonds is 3. The molecule has 1 atom stereocenters. The standard InChI is InChI=1S/C16H24N4O/c1-10(2)9-20-14(21)5-4-13-11(3)18-15(19-16(13)20)12-6-7-17-8-12/h10,12,17H,4-9H2,1-3H3/t12-/m1/s1. The maximum absolute atomic E-state index is 12.3. The lowest BCUT2D eigenvalue weighted by Gasteiger charge is -2.31. The van der Waals surface area contributed by atoms with Crippen LogP contribution >= 0.6 is 0 Å². The van der Waals surface area contributed by atoms with Crippen LogP contribution in [0.3, 0.4) is 0 Å². The number of anilines is 1. The third-order valence-corrected chi connectivity index (χ3v) is 4.33.